The van der Waals surface area contributed by atoms with Crippen molar-refractivity contribution in [2.75, 3.05) is 19.7 Å². The number of carbonyl (C=O) groups excluding carboxylic acids is 1. The summed E-state index contributed by atoms with van der Waals surface area (Å²) in [5, 5.41) is 17.5. The van der Waals surface area contributed by atoms with Gasteiger partial charge < -0.3 is 15.1 Å². The highest BCUT2D eigenvalue weighted by Gasteiger charge is 2.09. The van der Waals surface area contributed by atoms with Crippen LogP contribution in [0.1, 0.15) is 58.3 Å². The standard InChI is InChI=1S/C16H29NO4/c1-2-3-4-5-6-7-8-9-12-17(13-14-18)15(19)10-11-16(20)21/h10-11,18H,2-9,12-14H2,1H3,(H,20,21). The smallest absolute Gasteiger partial charge is 0.328 e. The zero-order valence-electron chi connectivity index (χ0n) is 13.1. The lowest BCUT2D eigenvalue weighted by molar-refractivity contribution is -0.132. The molecule has 0 saturated carbocycles. The number of aliphatic carboxylic acids is 1. The van der Waals surface area contributed by atoms with Gasteiger partial charge in [0, 0.05) is 25.2 Å². The van der Waals surface area contributed by atoms with Crippen molar-refractivity contribution in [3.8, 4) is 0 Å². The molecule has 0 saturated heterocycles. The molecule has 122 valence electrons. The van der Waals surface area contributed by atoms with Crippen molar-refractivity contribution in [1.29, 1.82) is 0 Å². The van der Waals surface area contributed by atoms with Crippen LogP contribution in [0.4, 0.5) is 0 Å². The van der Waals surface area contributed by atoms with Crippen molar-refractivity contribution >= 4 is 11.9 Å². The Hall–Kier alpha value is -1.36. The second kappa shape index (κ2) is 13.6. The fraction of sp³-hybridized carbons (Fsp3) is 0.750. The predicted octanol–water partition coefficient (Wildman–Crippen LogP) is 2.59. The Morgan fingerprint density at radius 3 is 2.00 bits per heavy atom. The predicted molar refractivity (Wildman–Crippen MR) is 83.1 cm³/mol. The molecule has 5 heteroatoms. The van der Waals surface area contributed by atoms with E-state index < -0.39 is 5.97 Å². The number of aliphatic hydroxyl groups is 1. The average Bonchev–Trinajstić information content (AvgIpc) is 2.46. The lowest BCUT2D eigenvalue weighted by Crippen LogP contribution is -2.33. The first-order valence-corrected chi connectivity index (χ1v) is 7.92. The minimum absolute atomic E-state index is 0.107. The highest BCUT2D eigenvalue weighted by molar-refractivity contribution is 5.93. The zero-order chi connectivity index (χ0) is 15.9. The SMILES string of the molecule is CCCCCCCCCCN(CCO)C(=O)C=CC(=O)O. The van der Waals surface area contributed by atoms with Crippen LogP contribution in [0.25, 0.3) is 0 Å². The molecule has 0 atom stereocenters. The molecule has 0 aromatic heterocycles. The number of carbonyl (C=O) groups is 2. The van der Waals surface area contributed by atoms with E-state index in [-0.39, 0.29) is 19.1 Å². The number of hydrogen-bond donors (Lipinski definition) is 2. The van der Waals surface area contributed by atoms with Crippen molar-refractivity contribution in [2.45, 2.75) is 58.3 Å². The fourth-order valence-electron chi connectivity index (χ4n) is 2.14. The maximum Gasteiger partial charge on any atom is 0.328 e. The van der Waals surface area contributed by atoms with Gasteiger partial charge in [-0.15, -0.1) is 0 Å². The summed E-state index contributed by atoms with van der Waals surface area (Å²) < 4.78 is 0. The molecule has 0 radical (unpaired) electrons. The Balaban J connectivity index is 3.83. The lowest BCUT2D eigenvalue weighted by atomic mass is 10.1. The molecule has 0 aliphatic carbocycles. The second-order valence-corrected chi connectivity index (χ2v) is 5.20. The number of rotatable bonds is 13. The third kappa shape index (κ3) is 12.1. The van der Waals surface area contributed by atoms with Gasteiger partial charge in [-0.1, -0.05) is 51.9 Å². The summed E-state index contributed by atoms with van der Waals surface area (Å²) in [6.45, 7) is 2.91. The first-order chi connectivity index (χ1) is 10.1. The van der Waals surface area contributed by atoms with Crippen molar-refractivity contribution in [3.05, 3.63) is 12.2 Å². The van der Waals surface area contributed by atoms with Crippen LogP contribution in [-0.4, -0.2) is 46.7 Å². The summed E-state index contributed by atoms with van der Waals surface area (Å²) in [5.41, 5.74) is 0. The molecule has 0 aliphatic rings. The van der Waals surface area contributed by atoms with Crippen LogP contribution >= 0.6 is 0 Å². The average molecular weight is 299 g/mol. The number of carboxylic acids is 1. The third-order valence-corrected chi connectivity index (χ3v) is 3.33. The first kappa shape index (κ1) is 19.6. The van der Waals surface area contributed by atoms with Crippen molar-refractivity contribution < 1.29 is 19.8 Å². The van der Waals surface area contributed by atoms with Gasteiger partial charge in [0.05, 0.1) is 6.61 Å². The zero-order valence-corrected chi connectivity index (χ0v) is 13.1. The minimum atomic E-state index is -1.14. The maximum absolute atomic E-state index is 11.7. The van der Waals surface area contributed by atoms with E-state index in [1.54, 1.807) is 0 Å². The Morgan fingerprint density at radius 1 is 0.905 bits per heavy atom. The van der Waals surface area contributed by atoms with Crippen LogP contribution in [0.3, 0.4) is 0 Å². The Labute approximate surface area is 127 Å². The van der Waals surface area contributed by atoms with Crippen LogP contribution in [0.15, 0.2) is 12.2 Å². The Bertz CT molecular complexity index is 315. The molecule has 0 aromatic rings. The summed E-state index contributed by atoms with van der Waals surface area (Å²) in [5.74, 6) is -1.49. The van der Waals surface area contributed by atoms with Gasteiger partial charge in [0.15, 0.2) is 0 Å². The van der Waals surface area contributed by atoms with Crippen molar-refractivity contribution in [3.63, 3.8) is 0 Å². The lowest BCUT2D eigenvalue weighted by Gasteiger charge is -2.19. The molecule has 2 N–H and O–H groups in total. The molecular weight excluding hydrogens is 270 g/mol. The van der Waals surface area contributed by atoms with Gasteiger partial charge in [0.1, 0.15) is 0 Å². The second-order valence-electron chi connectivity index (χ2n) is 5.20. The van der Waals surface area contributed by atoms with Gasteiger partial charge in [-0.2, -0.15) is 0 Å². The maximum atomic E-state index is 11.7. The van der Waals surface area contributed by atoms with Gasteiger partial charge in [0.2, 0.25) is 5.91 Å². The van der Waals surface area contributed by atoms with Crippen molar-refractivity contribution in [1.82, 2.24) is 4.90 Å². The number of amides is 1. The summed E-state index contributed by atoms with van der Waals surface area (Å²) >= 11 is 0. The van der Waals surface area contributed by atoms with E-state index in [0.29, 0.717) is 6.54 Å². The van der Waals surface area contributed by atoms with Gasteiger partial charge >= 0.3 is 5.97 Å². The molecule has 5 nitrogen and oxygen atoms in total. The highest BCUT2D eigenvalue weighted by Crippen LogP contribution is 2.09. The monoisotopic (exact) mass is 299 g/mol. The Kier molecular flexibility index (Phi) is 12.7. The number of hydrogen-bond acceptors (Lipinski definition) is 3. The van der Waals surface area contributed by atoms with Gasteiger partial charge in [-0.3, -0.25) is 4.79 Å². The van der Waals surface area contributed by atoms with E-state index in [1.165, 1.54) is 37.0 Å². The summed E-state index contributed by atoms with van der Waals surface area (Å²) in [7, 11) is 0. The van der Waals surface area contributed by atoms with E-state index in [9.17, 15) is 9.59 Å². The van der Waals surface area contributed by atoms with Crippen LogP contribution in [0.5, 0.6) is 0 Å². The molecule has 0 bridgehead atoms. The molecule has 21 heavy (non-hydrogen) atoms. The fourth-order valence-corrected chi connectivity index (χ4v) is 2.14. The molecular formula is C16H29NO4. The van der Waals surface area contributed by atoms with Gasteiger partial charge in [-0.05, 0) is 6.42 Å². The van der Waals surface area contributed by atoms with Crippen LogP contribution in [-0.2, 0) is 9.59 Å². The van der Waals surface area contributed by atoms with E-state index in [1.807, 2.05) is 0 Å². The third-order valence-electron chi connectivity index (χ3n) is 3.33. The first-order valence-electron chi connectivity index (χ1n) is 7.92. The highest BCUT2D eigenvalue weighted by atomic mass is 16.4. The molecule has 0 unspecified atom stereocenters. The number of carboxylic acid groups (broad SMARTS) is 1. The Morgan fingerprint density at radius 2 is 1.48 bits per heavy atom. The van der Waals surface area contributed by atoms with E-state index in [0.717, 1.165) is 31.4 Å². The quantitative estimate of drug-likeness (QED) is 0.405. The minimum Gasteiger partial charge on any atom is -0.478 e. The summed E-state index contributed by atoms with van der Waals surface area (Å²) in [6.07, 6.45) is 11.3. The largest absolute Gasteiger partial charge is 0.478 e. The summed E-state index contributed by atoms with van der Waals surface area (Å²) in [6, 6.07) is 0. The van der Waals surface area contributed by atoms with E-state index >= 15 is 0 Å². The molecule has 0 rings (SSSR count). The number of nitrogens with zero attached hydrogens (tertiary/aromatic N) is 1. The number of unbranched alkanes of at least 4 members (excludes halogenated alkanes) is 7. The van der Waals surface area contributed by atoms with E-state index in [2.05, 4.69) is 6.92 Å². The molecule has 0 aromatic carbocycles. The molecule has 0 fully saturated rings. The molecule has 0 aliphatic heterocycles. The molecule has 1 amide bonds. The summed E-state index contributed by atoms with van der Waals surface area (Å²) in [4.78, 5) is 23.6. The topological polar surface area (TPSA) is 77.8 Å². The number of aliphatic hydroxyl groups excluding tert-OH is 1. The van der Waals surface area contributed by atoms with Crippen LogP contribution in [0.2, 0.25) is 0 Å². The molecule has 0 heterocycles. The van der Waals surface area contributed by atoms with Crippen LogP contribution < -0.4 is 0 Å². The van der Waals surface area contributed by atoms with Gasteiger partial charge in [0.25, 0.3) is 0 Å². The van der Waals surface area contributed by atoms with Crippen molar-refractivity contribution in [2.24, 2.45) is 0 Å². The van der Waals surface area contributed by atoms with Crippen LogP contribution in [0, 0.1) is 0 Å². The van der Waals surface area contributed by atoms with E-state index in [4.69, 9.17) is 10.2 Å². The van der Waals surface area contributed by atoms with Gasteiger partial charge in [-0.25, -0.2) is 4.79 Å². The normalized spacial score (nSPS) is 11.0. The molecule has 0 spiro atoms.